The molecular formula is C19H20ClFN4O2S. The minimum atomic E-state index is -0.490. The summed E-state index contributed by atoms with van der Waals surface area (Å²) < 4.78 is 24.0. The molecule has 0 aliphatic rings. The van der Waals surface area contributed by atoms with E-state index in [9.17, 15) is 9.18 Å². The molecule has 0 atom stereocenters. The second kappa shape index (κ2) is 8.81. The Bertz CT molecular complexity index is 1070. The first kappa shape index (κ1) is 20.4. The van der Waals surface area contributed by atoms with Crippen molar-refractivity contribution in [3.8, 4) is 0 Å². The SMILES string of the molecule is COCCSNc1ccc(F)c(Nc2ccc3ncn(C)c(=O)c3c2C)c1Cl. The lowest BCUT2D eigenvalue weighted by Crippen LogP contribution is -2.18. The Kier molecular flexibility index (Phi) is 6.43. The van der Waals surface area contributed by atoms with Crippen LogP contribution in [0.1, 0.15) is 5.56 Å². The lowest BCUT2D eigenvalue weighted by Gasteiger charge is -2.16. The van der Waals surface area contributed by atoms with Crippen LogP contribution in [-0.4, -0.2) is 29.0 Å². The van der Waals surface area contributed by atoms with Crippen LogP contribution in [0.4, 0.5) is 21.5 Å². The van der Waals surface area contributed by atoms with Gasteiger partial charge < -0.3 is 19.3 Å². The Hall–Kier alpha value is -2.29. The normalized spacial score (nSPS) is 11.0. The van der Waals surface area contributed by atoms with E-state index < -0.39 is 5.82 Å². The molecule has 9 heteroatoms. The Labute approximate surface area is 171 Å². The summed E-state index contributed by atoms with van der Waals surface area (Å²) in [6, 6.07) is 6.40. The molecule has 3 rings (SSSR count). The van der Waals surface area contributed by atoms with Crippen molar-refractivity contribution in [2.24, 2.45) is 7.05 Å². The van der Waals surface area contributed by atoms with Gasteiger partial charge >= 0.3 is 0 Å². The van der Waals surface area contributed by atoms with Gasteiger partial charge in [0.1, 0.15) is 5.82 Å². The summed E-state index contributed by atoms with van der Waals surface area (Å²) >= 11 is 7.83. The first-order valence-corrected chi connectivity index (χ1v) is 9.87. The second-order valence-electron chi connectivity index (χ2n) is 6.15. The number of ether oxygens (including phenoxy) is 1. The smallest absolute Gasteiger partial charge is 0.261 e. The summed E-state index contributed by atoms with van der Waals surface area (Å²) in [5.41, 5.74) is 2.41. The molecule has 2 N–H and O–H groups in total. The Morgan fingerprint density at radius 1 is 1.29 bits per heavy atom. The van der Waals surface area contributed by atoms with E-state index in [0.29, 0.717) is 40.2 Å². The van der Waals surface area contributed by atoms with Gasteiger partial charge in [-0.3, -0.25) is 4.79 Å². The lowest BCUT2D eigenvalue weighted by atomic mass is 10.1. The van der Waals surface area contributed by atoms with Gasteiger partial charge in [-0.05, 0) is 36.8 Å². The molecule has 3 aromatic rings. The number of anilines is 3. The van der Waals surface area contributed by atoms with Crippen LogP contribution in [0.25, 0.3) is 10.9 Å². The number of fused-ring (bicyclic) bond motifs is 1. The summed E-state index contributed by atoms with van der Waals surface area (Å²) in [6.45, 7) is 2.38. The lowest BCUT2D eigenvalue weighted by molar-refractivity contribution is 0.219. The van der Waals surface area contributed by atoms with Crippen LogP contribution in [0.15, 0.2) is 35.4 Å². The van der Waals surface area contributed by atoms with E-state index in [4.69, 9.17) is 16.3 Å². The van der Waals surface area contributed by atoms with Crippen molar-refractivity contribution in [1.82, 2.24) is 9.55 Å². The fourth-order valence-electron chi connectivity index (χ4n) is 2.72. The van der Waals surface area contributed by atoms with E-state index >= 15 is 0 Å². The zero-order chi connectivity index (χ0) is 20.3. The van der Waals surface area contributed by atoms with E-state index in [0.717, 1.165) is 0 Å². The molecule has 0 saturated carbocycles. The first-order chi connectivity index (χ1) is 13.4. The Morgan fingerprint density at radius 3 is 2.79 bits per heavy atom. The zero-order valence-corrected chi connectivity index (χ0v) is 17.2. The van der Waals surface area contributed by atoms with Gasteiger partial charge in [-0.25, -0.2) is 9.37 Å². The van der Waals surface area contributed by atoms with Crippen molar-refractivity contribution < 1.29 is 9.13 Å². The summed E-state index contributed by atoms with van der Waals surface area (Å²) in [5, 5.41) is 3.74. The van der Waals surface area contributed by atoms with Gasteiger partial charge in [-0.2, -0.15) is 0 Å². The number of aryl methyl sites for hydroxylation is 2. The first-order valence-electron chi connectivity index (χ1n) is 8.50. The van der Waals surface area contributed by atoms with Crippen molar-refractivity contribution in [2.45, 2.75) is 6.92 Å². The Morgan fingerprint density at radius 2 is 2.04 bits per heavy atom. The molecule has 0 unspecified atom stereocenters. The topological polar surface area (TPSA) is 68.2 Å². The fourth-order valence-corrected chi connectivity index (χ4v) is 3.70. The van der Waals surface area contributed by atoms with Crippen molar-refractivity contribution >= 4 is 51.5 Å². The van der Waals surface area contributed by atoms with Gasteiger partial charge in [0.25, 0.3) is 5.56 Å². The zero-order valence-electron chi connectivity index (χ0n) is 15.7. The van der Waals surface area contributed by atoms with Crippen LogP contribution in [0.2, 0.25) is 5.02 Å². The molecule has 1 aromatic heterocycles. The predicted octanol–water partition coefficient (Wildman–Crippen LogP) is 4.48. The molecule has 0 fully saturated rings. The molecule has 0 spiro atoms. The van der Waals surface area contributed by atoms with E-state index in [-0.39, 0.29) is 16.3 Å². The number of hydrogen-bond donors (Lipinski definition) is 2. The van der Waals surface area contributed by atoms with Crippen molar-refractivity contribution in [2.75, 3.05) is 29.5 Å². The minimum Gasteiger partial charge on any atom is -0.384 e. The maximum absolute atomic E-state index is 14.5. The Balaban J connectivity index is 1.96. The fraction of sp³-hybridized carbons (Fsp3) is 0.263. The number of nitrogens with one attached hydrogen (secondary N) is 2. The molecule has 1 heterocycles. The third-order valence-electron chi connectivity index (χ3n) is 4.27. The second-order valence-corrected chi connectivity index (χ2v) is 7.42. The molecule has 2 aromatic carbocycles. The number of nitrogens with zero attached hydrogens (tertiary/aromatic N) is 2. The van der Waals surface area contributed by atoms with Gasteiger partial charge in [-0.1, -0.05) is 23.5 Å². The van der Waals surface area contributed by atoms with E-state index in [2.05, 4.69) is 15.0 Å². The summed E-state index contributed by atoms with van der Waals surface area (Å²) in [5.74, 6) is 0.226. The van der Waals surface area contributed by atoms with Crippen LogP contribution in [0, 0.1) is 12.7 Å². The highest BCUT2D eigenvalue weighted by Gasteiger charge is 2.15. The van der Waals surface area contributed by atoms with Crippen LogP contribution in [0.3, 0.4) is 0 Å². The average Bonchev–Trinajstić information content (AvgIpc) is 2.68. The monoisotopic (exact) mass is 422 g/mol. The minimum absolute atomic E-state index is 0.141. The predicted molar refractivity (Wildman–Crippen MR) is 114 cm³/mol. The van der Waals surface area contributed by atoms with Crippen molar-refractivity contribution in [1.29, 1.82) is 0 Å². The summed E-state index contributed by atoms with van der Waals surface area (Å²) in [4.78, 5) is 16.7. The van der Waals surface area contributed by atoms with Gasteiger partial charge in [0.2, 0.25) is 0 Å². The number of methoxy groups -OCH3 is 1. The number of rotatable bonds is 7. The van der Waals surface area contributed by atoms with Crippen LogP contribution in [-0.2, 0) is 11.8 Å². The molecule has 6 nitrogen and oxygen atoms in total. The van der Waals surface area contributed by atoms with Crippen LogP contribution in [0.5, 0.6) is 0 Å². The van der Waals surface area contributed by atoms with Gasteiger partial charge in [-0.15, -0.1) is 0 Å². The van der Waals surface area contributed by atoms with Crippen LogP contribution >= 0.6 is 23.5 Å². The van der Waals surface area contributed by atoms with E-state index in [1.807, 2.05) is 0 Å². The molecule has 0 bridgehead atoms. The summed E-state index contributed by atoms with van der Waals surface area (Å²) in [7, 11) is 3.27. The molecule has 0 aliphatic carbocycles. The molecule has 0 amide bonds. The third kappa shape index (κ3) is 4.09. The quantitative estimate of drug-likeness (QED) is 0.432. The van der Waals surface area contributed by atoms with Gasteiger partial charge in [0.05, 0.1) is 40.2 Å². The standard InChI is InChI=1S/C19H20ClFN4O2S/c1-11-13(6-7-14-16(11)19(26)25(2)10-22-14)23-18-12(21)4-5-15(17(18)20)24-28-9-8-27-3/h4-7,10,23-24H,8-9H2,1-3H3. The van der Waals surface area contributed by atoms with Crippen molar-refractivity contribution in [3.05, 3.63) is 57.3 Å². The maximum Gasteiger partial charge on any atom is 0.261 e. The molecule has 0 radical (unpaired) electrons. The number of aromatic nitrogens is 2. The summed E-state index contributed by atoms with van der Waals surface area (Å²) in [6.07, 6.45) is 1.48. The molecule has 0 saturated heterocycles. The number of hydrogen-bond acceptors (Lipinski definition) is 6. The largest absolute Gasteiger partial charge is 0.384 e. The molecule has 28 heavy (non-hydrogen) atoms. The van der Waals surface area contributed by atoms with Crippen LogP contribution < -0.4 is 15.6 Å². The highest BCUT2D eigenvalue weighted by atomic mass is 35.5. The number of halogens is 2. The van der Waals surface area contributed by atoms with Gasteiger partial charge in [0.15, 0.2) is 0 Å². The number of benzene rings is 2. The van der Waals surface area contributed by atoms with E-state index in [1.165, 1.54) is 28.9 Å². The van der Waals surface area contributed by atoms with Crippen molar-refractivity contribution in [3.63, 3.8) is 0 Å². The molecular weight excluding hydrogens is 403 g/mol. The highest BCUT2D eigenvalue weighted by Crippen LogP contribution is 2.37. The molecule has 148 valence electrons. The maximum atomic E-state index is 14.5. The third-order valence-corrected chi connectivity index (χ3v) is 5.40. The van der Waals surface area contributed by atoms with Gasteiger partial charge in [0, 0.05) is 25.6 Å². The van der Waals surface area contributed by atoms with E-state index in [1.54, 1.807) is 39.3 Å². The average molecular weight is 423 g/mol. The molecule has 0 aliphatic heterocycles. The highest BCUT2D eigenvalue weighted by molar-refractivity contribution is 8.00.